The fraction of sp³-hybridized carbons (Fsp3) is 0.417. The van der Waals surface area contributed by atoms with Crippen LogP contribution in [-0.4, -0.2) is 56.7 Å². The van der Waals surface area contributed by atoms with Gasteiger partial charge in [-0.25, -0.2) is 4.98 Å². The van der Waals surface area contributed by atoms with Gasteiger partial charge in [-0.15, -0.1) is 0 Å². The summed E-state index contributed by atoms with van der Waals surface area (Å²) in [6, 6.07) is 13.7. The summed E-state index contributed by atoms with van der Waals surface area (Å²) in [4.78, 5) is 35.8. The third-order valence-corrected chi connectivity index (χ3v) is 9.96. The van der Waals surface area contributed by atoms with Gasteiger partial charge in [0.1, 0.15) is 17.2 Å². The van der Waals surface area contributed by atoms with Gasteiger partial charge in [0, 0.05) is 49.4 Å². The lowest BCUT2D eigenvalue weighted by Gasteiger charge is -2.32. The van der Waals surface area contributed by atoms with Crippen LogP contribution in [0.3, 0.4) is 0 Å². The Balaban J connectivity index is 1.17. The van der Waals surface area contributed by atoms with Crippen LogP contribution in [0.4, 0.5) is 17.2 Å². The van der Waals surface area contributed by atoms with Gasteiger partial charge < -0.3 is 29.4 Å². The van der Waals surface area contributed by atoms with Crippen LogP contribution in [0, 0.1) is 5.41 Å². The Labute approximate surface area is 264 Å². The number of benzene rings is 1. The molecule has 1 aromatic carbocycles. The maximum absolute atomic E-state index is 13.9. The lowest BCUT2D eigenvalue weighted by Crippen LogP contribution is -2.41. The van der Waals surface area contributed by atoms with Gasteiger partial charge in [0.15, 0.2) is 0 Å². The van der Waals surface area contributed by atoms with Crippen LogP contribution >= 0.6 is 0 Å². The number of carbonyl (C=O) groups is 1. The summed E-state index contributed by atoms with van der Waals surface area (Å²) in [5.74, 6) is 1.07. The van der Waals surface area contributed by atoms with Crippen molar-refractivity contribution in [2.75, 3.05) is 36.9 Å². The molecular weight excluding hydrogens is 564 g/mol. The van der Waals surface area contributed by atoms with Crippen molar-refractivity contribution in [3.8, 4) is 11.1 Å². The van der Waals surface area contributed by atoms with E-state index in [1.807, 2.05) is 36.5 Å². The number of piperidine rings is 1. The number of aliphatic hydroxyl groups is 1. The van der Waals surface area contributed by atoms with Crippen LogP contribution in [0.2, 0.25) is 0 Å². The molecule has 1 fully saturated rings. The molecule has 0 bridgehead atoms. The third-order valence-electron chi connectivity index (χ3n) is 9.96. The first-order valence-corrected chi connectivity index (χ1v) is 16.0. The average Bonchev–Trinajstić information content (AvgIpc) is 3.52. The molecule has 1 amide bonds. The second-order valence-electron chi connectivity index (χ2n) is 13.8. The van der Waals surface area contributed by atoms with Crippen LogP contribution in [0.25, 0.3) is 11.1 Å². The normalized spacial score (nSPS) is 18.2. The zero-order valence-electron chi connectivity index (χ0n) is 26.6. The van der Waals surface area contributed by atoms with Crippen LogP contribution in [0.1, 0.15) is 65.5 Å². The monoisotopic (exact) mass is 606 g/mol. The Hall–Kier alpha value is -4.21. The van der Waals surface area contributed by atoms with E-state index in [1.165, 1.54) is 16.8 Å². The maximum Gasteiger partial charge on any atom is 0.274 e. The van der Waals surface area contributed by atoms with Gasteiger partial charge in [0.05, 0.1) is 12.3 Å². The van der Waals surface area contributed by atoms with Crippen molar-refractivity contribution in [1.29, 1.82) is 0 Å². The number of anilines is 3. The van der Waals surface area contributed by atoms with E-state index in [1.54, 1.807) is 22.7 Å². The fourth-order valence-corrected chi connectivity index (χ4v) is 7.55. The first kappa shape index (κ1) is 29.5. The van der Waals surface area contributed by atoms with Crippen molar-refractivity contribution in [3.63, 3.8) is 0 Å². The van der Waals surface area contributed by atoms with E-state index in [0.717, 1.165) is 62.1 Å². The smallest absolute Gasteiger partial charge is 0.274 e. The van der Waals surface area contributed by atoms with E-state index < -0.39 is 0 Å². The number of nitrogens with zero attached hydrogens (tertiary/aromatic N) is 5. The third kappa shape index (κ3) is 5.38. The van der Waals surface area contributed by atoms with Crippen LogP contribution < -0.4 is 15.8 Å². The van der Waals surface area contributed by atoms with E-state index in [9.17, 15) is 14.7 Å². The van der Waals surface area contributed by atoms with Gasteiger partial charge in [-0.3, -0.25) is 9.59 Å². The number of carbonyl (C=O) groups excluding carboxylic acids is 1. The molecule has 0 unspecified atom stereocenters. The van der Waals surface area contributed by atoms with Crippen molar-refractivity contribution < 1.29 is 9.90 Å². The largest absolute Gasteiger partial charge is 0.392 e. The minimum Gasteiger partial charge on any atom is -0.392 e. The number of hydrogen-bond acceptors (Lipinski definition) is 6. The molecule has 234 valence electrons. The summed E-state index contributed by atoms with van der Waals surface area (Å²) >= 11 is 0. The summed E-state index contributed by atoms with van der Waals surface area (Å²) in [6.45, 7) is 7.74. The van der Waals surface area contributed by atoms with Crippen LogP contribution in [-0.2, 0) is 33.0 Å². The number of rotatable bonds is 6. The molecule has 0 spiro atoms. The van der Waals surface area contributed by atoms with E-state index in [4.69, 9.17) is 0 Å². The molecule has 4 aromatic rings. The lowest BCUT2D eigenvalue weighted by atomic mass is 9.90. The zero-order valence-corrected chi connectivity index (χ0v) is 26.6. The number of hydrogen-bond donors (Lipinski definition) is 2. The highest BCUT2D eigenvalue weighted by atomic mass is 16.3. The molecule has 1 saturated heterocycles. The van der Waals surface area contributed by atoms with Gasteiger partial charge in [-0.2, -0.15) is 0 Å². The van der Waals surface area contributed by atoms with Crippen LogP contribution in [0.5, 0.6) is 0 Å². The number of likely N-dealkylation sites (tertiary alicyclic amines) is 1. The topological polar surface area (TPSA) is 95.6 Å². The second-order valence-corrected chi connectivity index (χ2v) is 13.8. The van der Waals surface area contributed by atoms with Crippen molar-refractivity contribution in [1.82, 2.24) is 19.0 Å². The van der Waals surface area contributed by atoms with E-state index in [2.05, 4.69) is 52.8 Å². The Morgan fingerprint density at radius 1 is 1.00 bits per heavy atom. The zero-order chi connectivity index (χ0) is 31.5. The lowest BCUT2D eigenvalue weighted by molar-refractivity contribution is 0.0963. The molecule has 7 rings (SSSR count). The number of aliphatic hydroxyl groups excluding tert-OH is 1. The number of fused-ring (bicyclic) bond motifs is 3. The Kier molecular flexibility index (Phi) is 7.41. The van der Waals surface area contributed by atoms with E-state index >= 15 is 0 Å². The summed E-state index contributed by atoms with van der Waals surface area (Å²) in [7, 11) is 3.88. The number of aromatic nitrogens is 3. The van der Waals surface area contributed by atoms with E-state index in [0.29, 0.717) is 35.2 Å². The van der Waals surface area contributed by atoms with Gasteiger partial charge in [-0.05, 0) is 98.1 Å². The maximum atomic E-state index is 13.9. The van der Waals surface area contributed by atoms with Crippen molar-refractivity contribution in [2.45, 2.75) is 58.6 Å². The molecule has 9 heteroatoms. The quantitative estimate of drug-likeness (QED) is 0.318. The number of nitrogens with one attached hydrogen (secondary N) is 1. The SMILES string of the molecule is CN1CCC(c2ccc(Nc3cc(-c4cccc(N5CCn6c(cc7c6CC(C)(C)C7)C5=O)c4CO)cn(C)c3=O)nc2)CC1. The highest BCUT2D eigenvalue weighted by molar-refractivity contribution is 6.07. The molecule has 2 aliphatic heterocycles. The van der Waals surface area contributed by atoms with Gasteiger partial charge >= 0.3 is 0 Å². The Morgan fingerprint density at radius 2 is 1.80 bits per heavy atom. The molecule has 3 aliphatic rings. The summed E-state index contributed by atoms with van der Waals surface area (Å²) in [6.07, 6.45) is 7.90. The molecule has 0 radical (unpaired) electrons. The first-order valence-electron chi connectivity index (χ1n) is 16.0. The number of aryl methyl sites for hydroxylation is 1. The Bertz CT molecular complexity index is 1830. The minimum absolute atomic E-state index is 0.0436. The summed E-state index contributed by atoms with van der Waals surface area (Å²) in [5, 5.41) is 13.9. The second kappa shape index (κ2) is 11.3. The minimum atomic E-state index is -0.243. The molecule has 5 heterocycles. The average molecular weight is 607 g/mol. The molecule has 2 N–H and O–H groups in total. The summed E-state index contributed by atoms with van der Waals surface area (Å²) in [5.41, 5.74) is 7.85. The predicted molar refractivity (Wildman–Crippen MR) is 177 cm³/mol. The van der Waals surface area contributed by atoms with Crippen molar-refractivity contribution in [2.24, 2.45) is 12.5 Å². The predicted octanol–water partition coefficient (Wildman–Crippen LogP) is 5.08. The molecule has 3 aromatic heterocycles. The number of amides is 1. The first-order chi connectivity index (χ1) is 21.6. The van der Waals surface area contributed by atoms with Gasteiger partial charge in [0.25, 0.3) is 11.5 Å². The van der Waals surface area contributed by atoms with E-state index in [-0.39, 0.29) is 23.5 Å². The Morgan fingerprint density at radius 3 is 2.53 bits per heavy atom. The molecule has 45 heavy (non-hydrogen) atoms. The van der Waals surface area contributed by atoms with Gasteiger partial charge in [-0.1, -0.05) is 32.0 Å². The van der Waals surface area contributed by atoms with Gasteiger partial charge in [0.2, 0.25) is 0 Å². The molecule has 1 aliphatic carbocycles. The van der Waals surface area contributed by atoms with Crippen molar-refractivity contribution in [3.05, 3.63) is 93.3 Å². The molecular formula is C36H42N6O3. The highest BCUT2D eigenvalue weighted by Gasteiger charge is 2.37. The fourth-order valence-electron chi connectivity index (χ4n) is 7.55. The highest BCUT2D eigenvalue weighted by Crippen LogP contribution is 2.40. The van der Waals surface area contributed by atoms with Crippen molar-refractivity contribution >= 4 is 23.1 Å². The standard InChI is InChI=1S/C36H42N6O3/c1-36(2)18-25-17-31-35(45)42(15-14-41(31)32(25)19-36)30-7-5-6-27(28(30)22-43)26-16-29(34(44)40(4)21-26)38-33-9-8-24(20-37-33)23-10-12-39(3)13-11-23/h5-9,16-17,20-21,23,43H,10-15,18-19,22H2,1-4H3,(H,37,38). The molecule has 0 saturated carbocycles. The molecule has 0 atom stereocenters. The number of pyridine rings is 2. The van der Waals surface area contributed by atoms with Crippen LogP contribution in [0.15, 0.2) is 59.7 Å². The molecule has 9 nitrogen and oxygen atoms in total. The summed E-state index contributed by atoms with van der Waals surface area (Å²) < 4.78 is 3.74.